The van der Waals surface area contributed by atoms with Gasteiger partial charge in [-0.15, -0.1) is 0 Å². The molecule has 0 fully saturated rings. The van der Waals surface area contributed by atoms with Crippen molar-refractivity contribution >= 4 is 11.8 Å². The van der Waals surface area contributed by atoms with E-state index in [9.17, 15) is 9.59 Å². The molecule has 1 aliphatic rings. The van der Waals surface area contributed by atoms with Gasteiger partial charge in [0, 0.05) is 18.4 Å². The summed E-state index contributed by atoms with van der Waals surface area (Å²) in [7, 11) is 0. The van der Waals surface area contributed by atoms with Crippen LogP contribution in [0.25, 0.3) is 0 Å². The smallest absolute Gasteiger partial charge is 0.303 e. The summed E-state index contributed by atoms with van der Waals surface area (Å²) in [6.07, 6.45) is 0.211. The van der Waals surface area contributed by atoms with E-state index in [1.54, 1.807) is 25.1 Å². The predicted octanol–water partition coefficient (Wildman–Crippen LogP) is 2.10. The summed E-state index contributed by atoms with van der Waals surface area (Å²) in [5.41, 5.74) is 0.525. The zero-order valence-electron chi connectivity index (χ0n) is 10.0. The average molecular weight is 250 g/mol. The van der Waals surface area contributed by atoms with Crippen LogP contribution in [0.15, 0.2) is 18.2 Å². The van der Waals surface area contributed by atoms with E-state index in [4.69, 9.17) is 14.6 Å². The van der Waals surface area contributed by atoms with Crippen molar-refractivity contribution < 1.29 is 24.2 Å². The summed E-state index contributed by atoms with van der Waals surface area (Å²) in [4.78, 5) is 22.5. The third kappa shape index (κ3) is 2.80. The van der Waals surface area contributed by atoms with Gasteiger partial charge in [0.15, 0.2) is 17.3 Å². The number of carboxylic acid groups (broad SMARTS) is 1. The minimum absolute atomic E-state index is 0.00368. The van der Waals surface area contributed by atoms with Gasteiger partial charge in [0.05, 0.1) is 0 Å². The van der Waals surface area contributed by atoms with Crippen LogP contribution < -0.4 is 9.47 Å². The SMILES string of the molecule is C[C@H](CC(=O)O)CC(=O)c1ccc2c(c1)OCO2. The van der Waals surface area contributed by atoms with Crippen molar-refractivity contribution in [2.45, 2.75) is 19.8 Å². The van der Waals surface area contributed by atoms with Crippen LogP contribution in [-0.2, 0) is 4.79 Å². The number of Topliss-reactive ketones (excluding diaryl/α,β-unsaturated/α-hetero) is 1. The molecule has 0 saturated carbocycles. The number of hydrogen-bond donors (Lipinski definition) is 1. The molecule has 0 saturated heterocycles. The Bertz CT molecular complexity index is 480. The molecule has 1 atom stereocenters. The minimum atomic E-state index is -0.888. The van der Waals surface area contributed by atoms with E-state index in [1.165, 1.54) is 0 Å². The number of benzene rings is 1. The molecule has 1 aliphatic heterocycles. The van der Waals surface area contributed by atoms with Gasteiger partial charge in [-0.25, -0.2) is 0 Å². The lowest BCUT2D eigenvalue weighted by Crippen LogP contribution is -2.10. The van der Waals surface area contributed by atoms with Crippen molar-refractivity contribution in [3.8, 4) is 11.5 Å². The second-order valence-electron chi connectivity index (χ2n) is 4.40. The average Bonchev–Trinajstić information content (AvgIpc) is 2.74. The molecule has 0 aliphatic carbocycles. The highest BCUT2D eigenvalue weighted by molar-refractivity contribution is 5.97. The largest absolute Gasteiger partial charge is 0.481 e. The monoisotopic (exact) mass is 250 g/mol. The molecule has 2 rings (SSSR count). The Labute approximate surface area is 104 Å². The van der Waals surface area contributed by atoms with Gasteiger partial charge >= 0.3 is 5.97 Å². The quantitative estimate of drug-likeness (QED) is 0.810. The van der Waals surface area contributed by atoms with Crippen molar-refractivity contribution in [1.82, 2.24) is 0 Å². The zero-order chi connectivity index (χ0) is 13.1. The molecule has 0 spiro atoms. The number of aliphatic carboxylic acids is 1. The zero-order valence-corrected chi connectivity index (χ0v) is 10.0. The van der Waals surface area contributed by atoms with Crippen molar-refractivity contribution in [1.29, 1.82) is 0 Å². The fourth-order valence-corrected chi connectivity index (χ4v) is 1.87. The number of rotatable bonds is 5. The molecule has 1 N–H and O–H groups in total. The first-order valence-electron chi connectivity index (χ1n) is 5.71. The van der Waals surface area contributed by atoms with E-state index in [2.05, 4.69) is 0 Å². The third-order valence-electron chi connectivity index (χ3n) is 2.75. The minimum Gasteiger partial charge on any atom is -0.481 e. The lowest BCUT2D eigenvalue weighted by atomic mass is 9.97. The normalized spacial score (nSPS) is 14.3. The van der Waals surface area contributed by atoms with Crippen molar-refractivity contribution in [2.75, 3.05) is 6.79 Å². The summed E-state index contributed by atoms with van der Waals surface area (Å²) in [6.45, 7) is 1.92. The summed E-state index contributed by atoms with van der Waals surface area (Å²) < 4.78 is 10.3. The summed E-state index contributed by atoms with van der Waals surface area (Å²) in [5, 5.41) is 8.65. The first kappa shape index (κ1) is 12.4. The highest BCUT2D eigenvalue weighted by Crippen LogP contribution is 2.33. The molecule has 96 valence electrons. The van der Waals surface area contributed by atoms with Gasteiger partial charge < -0.3 is 14.6 Å². The van der Waals surface area contributed by atoms with Crippen molar-refractivity contribution in [2.24, 2.45) is 5.92 Å². The third-order valence-corrected chi connectivity index (χ3v) is 2.75. The number of ketones is 1. The highest BCUT2D eigenvalue weighted by atomic mass is 16.7. The fourth-order valence-electron chi connectivity index (χ4n) is 1.87. The first-order chi connectivity index (χ1) is 8.56. The van der Waals surface area contributed by atoms with E-state index in [-0.39, 0.29) is 31.3 Å². The summed E-state index contributed by atoms with van der Waals surface area (Å²) in [5.74, 6) is 0.0420. The van der Waals surface area contributed by atoms with E-state index >= 15 is 0 Å². The molecule has 0 unspecified atom stereocenters. The molecule has 5 nitrogen and oxygen atoms in total. The molecular formula is C13H14O5. The Hall–Kier alpha value is -2.04. The van der Waals surface area contributed by atoms with E-state index in [1.807, 2.05) is 0 Å². The molecule has 1 aromatic rings. The van der Waals surface area contributed by atoms with Gasteiger partial charge in [-0.2, -0.15) is 0 Å². The highest BCUT2D eigenvalue weighted by Gasteiger charge is 2.18. The Balaban J connectivity index is 2.03. The van der Waals surface area contributed by atoms with Crippen LogP contribution >= 0.6 is 0 Å². The van der Waals surface area contributed by atoms with Gasteiger partial charge in [-0.1, -0.05) is 6.92 Å². The van der Waals surface area contributed by atoms with Crippen LogP contribution in [0.5, 0.6) is 11.5 Å². The molecular weight excluding hydrogens is 236 g/mol. The number of fused-ring (bicyclic) bond motifs is 1. The summed E-state index contributed by atoms with van der Waals surface area (Å²) >= 11 is 0. The Morgan fingerprint density at radius 1 is 1.28 bits per heavy atom. The molecule has 18 heavy (non-hydrogen) atoms. The fraction of sp³-hybridized carbons (Fsp3) is 0.385. The molecule has 1 heterocycles. The van der Waals surface area contributed by atoms with E-state index in [0.717, 1.165) is 0 Å². The summed E-state index contributed by atoms with van der Waals surface area (Å²) in [6, 6.07) is 5.00. The van der Waals surface area contributed by atoms with Crippen LogP contribution in [0.1, 0.15) is 30.1 Å². The van der Waals surface area contributed by atoms with Crippen molar-refractivity contribution in [3.63, 3.8) is 0 Å². The number of hydrogen-bond acceptors (Lipinski definition) is 4. The Kier molecular flexibility index (Phi) is 3.50. The van der Waals surface area contributed by atoms with Crippen LogP contribution in [0.2, 0.25) is 0 Å². The van der Waals surface area contributed by atoms with Crippen LogP contribution in [-0.4, -0.2) is 23.7 Å². The molecule has 0 amide bonds. The number of carboxylic acids is 1. The molecule has 1 aromatic carbocycles. The standard InChI is InChI=1S/C13H14O5/c1-8(5-13(15)16)4-10(14)9-2-3-11-12(6-9)18-7-17-11/h2-3,6,8H,4-5,7H2,1H3,(H,15,16)/t8-/m0/s1. The number of carbonyl (C=O) groups is 2. The Morgan fingerprint density at radius 2 is 2.00 bits per heavy atom. The number of ether oxygens (including phenoxy) is 2. The predicted molar refractivity (Wildman–Crippen MR) is 62.9 cm³/mol. The molecule has 0 radical (unpaired) electrons. The Morgan fingerprint density at radius 3 is 2.72 bits per heavy atom. The van der Waals surface area contributed by atoms with Gasteiger partial charge in [0.25, 0.3) is 0 Å². The lowest BCUT2D eigenvalue weighted by Gasteiger charge is -2.08. The molecule has 0 aromatic heterocycles. The van der Waals surface area contributed by atoms with E-state index in [0.29, 0.717) is 17.1 Å². The second-order valence-corrected chi connectivity index (χ2v) is 4.40. The van der Waals surface area contributed by atoms with Crippen LogP contribution in [0.4, 0.5) is 0 Å². The van der Waals surface area contributed by atoms with Gasteiger partial charge in [-0.05, 0) is 24.1 Å². The first-order valence-corrected chi connectivity index (χ1v) is 5.71. The van der Waals surface area contributed by atoms with Gasteiger partial charge in [-0.3, -0.25) is 9.59 Å². The van der Waals surface area contributed by atoms with Gasteiger partial charge in [0.1, 0.15) is 0 Å². The maximum absolute atomic E-state index is 11.9. The maximum Gasteiger partial charge on any atom is 0.303 e. The molecule has 0 bridgehead atoms. The van der Waals surface area contributed by atoms with E-state index < -0.39 is 5.97 Å². The molecule has 5 heteroatoms. The lowest BCUT2D eigenvalue weighted by molar-refractivity contribution is -0.137. The second kappa shape index (κ2) is 5.08. The maximum atomic E-state index is 11.9. The van der Waals surface area contributed by atoms with Crippen molar-refractivity contribution in [3.05, 3.63) is 23.8 Å². The van der Waals surface area contributed by atoms with Crippen LogP contribution in [0, 0.1) is 5.92 Å². The topological polar surface area (TPSA) is 72.8 Å². The number of carbonyl (C=O) groups excluding carboxylic acids is 1. The van der Waals surface area contributed by atoms with Gasteiger partial charge in [0.2, 0.25) is 6.79 Å². The van der Waals surface area contributed by atoms with Crippen LogP contribution in [0.3, 0.4) is 0 Å².